The second-order valence-corrected chi connectivity index (χ2v) is 3.48. The van der Waals surface area contributed by atoms with Crippen molar-refractivity contribution >= 4 is 5.91 Å². The van der Waals surface area contributed by atoms with Crippen LogP contribution in [-0.4, -0.2) is 47.3 Å². The molecule has 0 unspecified atom stereocenters. The first kappa shape index (κ1) is 11.0. The first-order valence-electron chi connectivity index (χ1n) is 5.16. The molecular formula is C9H14N4O3. The second-order valence-electron chi connectivity index (χ2n) is 3.48. The van der Waals surface area contributed by atoms with Crippen LogP contribution in [0.4, 0.5) is 0 Å². The molecule has 2 rings (SSSR count). The number of rotatable bonds is 3. The Bertz CT molecular complexity index is 359. The molecule has 0 atom stereocenters. The van der Waals surface area contributed by atoms with Crippen LogP contribution in [0.2, 0.25) is 0 Å². The molecule has 0 aliphatic carbocycles. The van der Waals surface area contributed by atoms with Crippen molar-refractivity contribution in [2.75, 3.05) is 26.3 Å². The summed E-state index contributed by atoms with van der Waals surface area (Å²) in [7, 11) is 0. The summed E-state index contributed by atoms with van der Waals surface area (Å²) in [4.78, 5) is 17.5. The SMILES string of the molecule is NCc1nc(CC(=O)N2CCOCC2)no1. The standard InChI is InChI=1S/C9H14N4O3/c10-6-8-11-7(12-16-8)5-9(14)13-1-3-15-4-2-13/h1-6,10H2. The molecule has 0 bridgehead atoms. The van der Waals surface area contributed by atoms with Crippen molar-refractivity contribution in [3.63, 3.8) is 0 Å². The molecule has 0 spiro atoms. The molecule has 7 heteroatoms. The van der Waals surface area contributed by atoms with E-state index in [-0.39, 0.29) is 18.9 Å². The summed E-state index contributed by atoms with van der Waals surface area (Å²) >= 11 is 0. The summed E-state index contributed by atoms with van der Waals surface area (Å²) in [5, 5.41) is 3.68. The summed E-state index contributed by atoms with van der Waals surface area (Å²) < 4.78 is 9.98. The Morgan fingerprint density at radius 1 is 1.44 bits per heavy atom. The number of hydrogen-bond donors (Lipinski definition) is 1. The topological polar surface area (TPSA) is 94.5 Å². The summed E-state index contributed by atoms with van der Waals surface area (Å²) in [6, 6.07) is 0. The van der Waals surface area contributed by atoms with Gasteiger partial charge < -0.3 is 19.9 Å². The van der Waals surface area contributed by atoms with Crippen LogP contribution in [0.15, 0.2) is 4.52 Å². The fourth-order valence-electron chi connectivity index (χ4n) is 1.50. The number of carbonyl (C=O) groups is 1. The van der Waals surface area contributed by atoms with E-state index in [1.54, 1.807) is 4.90 Å². The number of nitrogens with zero attached hydrogens (tertiary/aromatic N) is 3. The van der Waals surface area contributed by atoms with Gasteiger partial charge in [0.2, 0.25) is 11.8 Å². The number of morpholine rings is 1. The molecule has 1 aliphatic rings. The van der Waals surface area contributed by atoms with Gasteiger partial charge in [-0.1, -0.05) is 5.16 Å². The zero-order valence-corrected chi connectivity index (χ0v) is 8.89. The molecule has 16 heavy (non-hydrogen) atoms. The lowest BCUT2D eigenvalue weighted by Gasteiger charge is -2.26. The van der Waals surface area contributed by atoms with Gasteiger partial charge in [-0.15, -0.1) is 0 Å². The Labute approximate surface area is 92.5 Å². The number of carbonyl (C=O) groups excluding carboxylic acids is 1. The average molecular weight is 226 g/mol. The monoisotopic (exact) mass is 226 g/mol. The molecule has 0 aromatic carbocycles. The summed E-state index contributed by atoms with van der Waals surface area (Å²) in [6.07, 6.45) is 0.156. The zero-order chi connectivity index (χ0) is 11.4. The molecular weight excluding hydrogens is 212 g/mol. The number of aromatic nitrogens is 2. The minimum absolute atomic E-state index is 0.00679. The predicted octanol–water partition coefficient (Wildman–Crippen LogP) is -1.07. The van der Waals surface area contributed by atoms with E-state index in [1.165, 1.54) is 0 Å². The first-order chi connectivity index (χ1) is 7.79. The number of ether oxygens (including phenoxy) is 1. The van der Waals surface area contributed by atoms with Crippen molar-refractivity contribution in [2.45, 2.75) is 13.0 Å². The van der Waals surface area contributed by atoms with Gasteiger partial charge >= 0.3 is 0 Å². The van der Waals surface area contributed by atoms with Crippen molar-refractivity contribution in [3.05, 3.63) is 11.7 Å². The first-order valence-corrected chi connectivity index (χ1v) is 5.16. The summed E-state index contributed by atoms with van der Waals surface area (Å²) in [5.41, 5.74) is 5.33. The van der Waals surface area contributed by atoms with Crippen LogP contribution in [0.3, 0.4) is 0 Å². The minimum atomic E-state index is -0.00679. The van der Waals surface area contributed by atoms with E-state index in [1.807, 2.05) is 0 Å². The number of amides is 1. The molecule has 1 aromatic heterocycles. The molecule has 2 N–H and O–H groups in total. The van der Waals surface area contributed by atoms with E-state index in [2.05, 4.69) is 10.1 Å². The van der Waals surface area contributed by atoms with Crippen LogP contribution in [0, 0.1) is 0 Å². The minimum Gasteiger partial charge on any atom is -0.378 e. The predicted molar refractivity (Wildman–Crippen MR) is 53.3 cm³/mol. The van der Waals surface area contributed by atoms with Crippen LogP contribution >= 0.6 is 0 Å². The highest BCUT2D eigenvalue weighted by atomic mass is 16.5. The van der Waals surface area contributed by atoms with E-state index in [0.717, 1.165) is 0 Å². The van der Waals surface area contributed by atoms with Gasteiger partial charge in [-0.05, 0) is 0 Å². The largest absolute Gasteiger partial charge is 0.378 e. The van der Waals surface area contributed by atoms with Crippen LogP contribution in [0.5, 0.6) is 0 Å². The third-order valence-corrected chi connectivity index (χ3v) is 2.36. The average Bonchev–Trinajstić information content (AvgIpc) is 2.78. The lowest BCUT2D eigenvalue weighted by molar-refractivity contribution is -0.134. The lowest BCUT2D eigenvalue weighted by atomic mass is 10.3. The normalized spacial score (nSPS) is 16.4. The summed E-state index contributed by atoms with van der Waals surface area (Å²) in [5.74, 6) is 0.731. The van der Waals surface area contributed by atoms with Gasteiger partial charge in [0.15, 0.2) is 5.82 Å². The van der Waals surface area contributed by atoms with Crippen molar-refractivity contribution in [1.29, 1.82) is 0 Å². The van der Waals surface area contributed by atoms with Gasteiger partial charge in [-0.25, -0.2) is 0 Å². The van der Waals surface area contributed by atoms with Crippen LogP contribution in [-0.2, 0) is 22.5 Å². The number of nitrogens with two attached hydrogens (primary N) is 1. The fourth-order valence-corrected chi connectivity index (χ4v) is 1.50. The third-order valence-electron chi connectivity index (χ3n) is 2.36. The van der Waals surface area contributed by atoms with Gasteiger partial charge in [0.25, 0.3) is 0 Å². The van der Waals surface area contributed by atoms with Gasteiger partial charge in [0.05, 0.1) is 26.2 Å². The molecule has 0 saturated carbocycles. The van der Waals surface area contributed by atoms with E-state index in [4.69, 9.17) is 15.0 Å². The van der Waals surface area contributed by atoms with Crippen molar-refractivity contribution in [3.8, 4) is 0 Å². The fraction of sp³-hybridized carbons (Fsp3) is 0.667. The highest BCUT2D eigenvalue weighted by Gasteiger charge is 2.19. The molecule has 1 fully saturated rings. The highest BCUT2D eigenvalue weighted by molar-refractivity contribution is 5.78. The molecule has 88 valence electrons. The Morgan fingerprint density at radius 2 is 2.19 bits per heavy atom. The van der Waals surface area contributed by atoms with Gasteiger partial charge in [0, 0.05) is 13.1 Å². The zero-order valence-electron chi connectivity index (χ0n) is 8.89. The van der Waals surface area contributed by atoms with Crippen LogP contribution in [0.1, 0.15) is 11.7 Å². The van der Waals surface area contributed by atoms with Gasteiger partial charge in [0.1, 0.15) is 0 Å². The Morgan fingerprint density at radius 3 is 2.81 bits per heavy atom. The molecule has 2 heterocycles. The second kappa shape index (κ2) is 5.04. The molecule has 1 aromatic rings. The Hall–Kier alpha value is -1.47. The van der Waals surface area contributed by atoms with E-state index >= 15 is 0 Å². The van der Waals surface area contributed by atoms with Gasteiger partial charge in [-0.3, -0.25) is 4.79 Å². The van der Waals surface area contributed by atoms with E-state index < -0.39 is 0 Å². The maximum absolute atomic E-state index is 11.8. The third kappa shape index (κ3) is 2.56. The van der Waals surface area contributed by atoms with Crippen molar-refractivity contribution < 1.29 is 14.1 Å². The highest BCUT2D eigenvalue weighted by Crippen LogP contribution is 2.03. The maximum Gasteiger partial charge on any atom is 0.240 e. The van der Waals surface area contributed by atoms with Crippen LogP contribution < -0.4 is 5.73 Å². The molecule has 1 aliphatic heterocycles. The van der Waals surface area contributed by atoms with Crippen LogP contribution in [0.25, 0.3) is 0 Å². The van der Waals surface area contributed by atoms with Crippen molar-refractivity contribution in [2.24, 2.45) is 5.73 Å². The quantitative estimate of drug-likeness (QED) is 0.705. The lowest BCUT2D eigenvalue weighted by Crippen LogP contribution is -2.41. The Balaban J connectivity index is 1.90. The Kier molecular flexibility index (Phi) is 3.47. The van der Waals surface area contributed by atoms with E-state index in [0.29, 0.717) is 38.0 Å². The smallest absolute Gasteiger partial charge is 0.240 e. The van der Waals surface area contributed by atoms with Gasteiger partial charge in [-0.2, -0.15) is 4.98 Å². The molecule has 0 radical (unpaired) electrons. The summed E-state index contributed by atoms with van der Waals surface area (Å²) in [6.45, 7) is 2.62. The number of hydrogen-bond acceptors (Lipinski definition) is 6. The maximum atomic E-state index is 11.8. The molecule has 1 amide bonds. The molecule has 1 saturated heterocycles. The van der Waals surface area contributed by atoms with Crippen molar-refractivity contribution in [1.82, 2.24) is 15.0 Å². The molecule has 7 nitrogen and oxygen atoms in total. The van der Waals surface area contributed by atoms with E-state index in [9.17, 15) is 4.79 Å².